The number of ether oxygens (including phenoxy) is 1. The van der Waals surface area contributed by atoms with Crippen LogP contribution in [0.25, 0.3) is 0 Å². The molecule has 2 aliphatic rings. The summed E-state index contributed by atoms with van der Waals surface area (Å²) in [4.78, 5) is 52.3. The van der Waals surface area contributed by atoms with Crippen molar-refractivity contribution >= 4 is 23.7 Å². The average Bonchev–Trinajstić information content (AvgIpc) is 3.34. The van der Waals surface area contributed by atoms with Crippen LogP contribution in [0.15, 0.2) is 0 Å². The van der Waals surface area contributed by atoms with Crippen LogP contribution in [0.2, 0.25) is 0 Å². The van der Waals surface area contributed by atoms with E-state index < -0.39 is 42.1 Å². The molecule has 2 fully saturated rings. The Balaban J connectivity index is 1.98. The Labute approximate surface area is 164 Å². The van der Waals surface area contributed by atoms with E-state index in [4.69, 9.17) is 16.2 Å². The highest BCUT2D eigenvalue weighted by molar-refractivity contribution is 5.91. The number of nitrogens with two attached hydrogens (primary N) is 2. The topological polar surface area (TPSA) is 148 Å². The van der Waals surface area contributed by atoms with Crippen LogP contribution in [0.1, 0.15) is 39.5 Å². The minimum Gasteiger partial charge on any atom is -0.459 e. The molecule has 5 atom stereocenters. The van der Waals surface area contributed by atoms with Gasteiger partial charge in [-0.3, -0.25) is 14.4 Å². The zero-order valence-corrected chi connectivity index (χ0v) is 16.7. The molecule has 10 heteroatoms. The molecule has 5 N–H and O–H groups in total. The van der Waals surface area contributed by atoms with Gasteiger partial charge in [0.25, 0.3) is 0 Å². The van der Waals surface area contributed by atoms with Crippen LogP contribution < -0.4 is 16.8 Å². The third kappa shape index (κ3) is 4.61. The second-order valence-electron chi connectivity index (χ2n) is 7.45. The van der Waals surface area contributed by atoms with Crippen LogP contribution in [0.5, 0.6) is 0 Å². The molecule has 2 saturated heterocycles. The van der Waals surface area contributed by atoms with Gasteiger partial charge >= 0.3 is 5.97 Å². The van der Waals surface area contributed by atoms with E-state index in [2.05, 4.69) is 5.32 Å². The van der Waals surface area contributed by atoms with E-state index >= 15 is 0 Å². The molecule has 0 aromatic heterocycles. The molecule has 0 radical (unpaired) electrons. The molecule has 0 spiro atoms. The maximum absolute atomic E-state index is 12.7. The zero-order chi connectivity index (χ0) is 21.0. The fourth-order valence-corrected chi connectivity index (χ4v) is 3.73. The highest BCUT2D eigenvalue weighted by Gasteiger charge is 2.40. The minimum atomic E-state index is -1.09. The van der Waals surface area contributed by atoms with Crippen LogP contribution in [-0.2, 0) is 23.9 Å². The lowest BCUT2D eigenvalue weighted by Gasteiger charge is -2.30. The van der Waals surface area contributed by atoms with Crippen molar-refractivity contribution in [2.45, 2.75) is 69.8 Å². The molecule has 158 valence electrons. The van der Waals surface area contributed by atoms with Crippen LogP contribution in [0.4, 0.5) is 0 Å². The van der Waals surface area contributed by atoms with E-state index in [1.54, 1.807) is 6.92 Å². The van der Waals surface area contributed by atoms with Gasteiger partial charge in [0, 0.05) is 20.1 Å². The molecule has 2 rings (SSSR count). The summed E-state index contributed by atoms with van der Waals surface area (Å²) < 4.78 is 5.41. The SMILES string of the molecule is CNC(=O)[C@@H]1CCCN1C(=O)[C@@H](N)[C@H](C)OC(=O)C1CCCN1C(=O)[C@H](C)N. The minimum absolute atomic E-state index is 0.237. The number of carbonyl (C=O) groups is 4. The van der Waals surface area contributed by atoms with E-state index in [0.717, 1.165) is 0 Å². The molecular formula is C18H31N5O5. The lowest BCUT2D eigenvalue weighted by Crippen LogP contribution is -2.55. The predicted molar refractivity (Wildman–Crippen MR) is 101 cm³/mol. The van der Waals surface area contributed by atoms with Crippen LogP contribution >= 0.6 is 0 Å². The molecule has 10 nitrogen and oxygen atoms in total. The number of likely N-dealkylation sites (N-methyl/N-ethyl adjacent to an activating group) is 1. The maximum atomic E-state index is 12.7. The van der Waals surface area contributed by atoms with Crippen molar-refractivity contribution in [1.82, 2.24) is 15.1 Å². The molecule has 2 heterocycles. The first-order chi connectivity index (χ1) is 13.2. The molecule has 0 aliphatic carbocycles. The van der Waals surface area contributed by atoms with Crippen molar-refractivity contribution in [2.24, 2.45) is 11.5 Å². The Morgan fingerprint density at radius 3 is 2.04 bits per heavy atom. The molecular weight excluding hydrogens is 366 g/mol. The van der Waals surface area contributed by atoms with Crippen molar-refractivity contribution in [3.05, 3.63) is 0 Å². The van der Waals surface area contributed by atoms with Crippen LogP contribution in [0.3, 0.4) is 0 Å². The largest absolute Gasteiger partial charge is 0.459 e. The molecule has 28 heavy (non-hydrogen) atoms. The van der Waals surface area contributed by atoms with Gasteiger partial charge in [-0.15, -0.1) is 0 Å². The fourth-order valence-electron chi connectivity index (χ4n) is 3.73. The van der Waals surface area contributed by atoms with Gasteiger partial charge in [0.15, 0.2) is 0 Å². The smallest absolute Gasteiger partial charge is 0.329 e. The Morgan fingerprint density at radius 1 is 0.964 bits per heavy atom. The molecule has 3 amide bonds. The van der Waals surface area contributed by atoms with E-state index in [1.807, 2.05) is 0 Å². The van der Waals surface area contributed by atoms with Crippen LogP contribution in [-0.4, -0.2) is 83.9 Å². The normalized spacial score (nSPS) is 25.2. The predicted octanol–water partition coefficient (Wildman–Crippen LogP) is -1.68. The molecule has 0 aromatic carbocycles. The Morgan fingerprint density at radius 2 is 1.50 bits per heavy atom. The highest BCUT2D eigenvalue weighted by atomic mass is 16.5. The summed E-state index contributed by atoms with van der Waals surface area (Å²) in [6.07, 6.45) is 1.56. The number of carbonyl (C=O) groups excluding carboxylic acids is 4. The van der Waals surface area contributed by atoms with Gasteiger partial charge in [-0.05, 0) is 39.5 Å². The summed E-state index contributed by atoms with van der Waals surface area (Å²) in [6.45, 7) is 3.99. The summed E-state index contributed by atoms with van der Waals surface area (Å²) in [5.41, 5.74) is 11.7. The van der Waals surface area contributed by atoms with Crippen LogP contribution in [0, 0.1) is 0 Å². The van der Waals surface area contributed by atoms with E-state index in [1.165, 1.54) is 23.8 Å². The number of hydrogen-bond donors (Lipinski definition) is 3. The number of esters is 1. The first-order valence-corrected chi connectivity index (χ1v) is 9.73. The van der Waals surface area contributed by atoms with Crippen molar-refractivity contribution in [3.63, 3.8) is 0 Å². The van der Waals surface area contributed by atoms with Crippen molar-refractivity contribution in [1.29, 1.82) is 0 Å². The van der Waals surface area contributed by atoms with Crippen molar-refractivity contribution in [2.75, 3.05) is 20.1 Å². The maximum Gasteiger partial charge on any atom is 0.329 e. The molecule has 0 saturated carbocycles. The zero-order valence-electron chi connectivity index (χ0n) is 16.7. The third-order valence-electron chi connectivity index (χ3n) is 5.38. The number of nitrogens with zero attached hydrogens (tertiary/aromatic N) is 2. The standard InChI is InChI=1S/C18H31N5O5/c1-10(19)16(25)23-9-5-7-13(23)18(27)28-11(2)14(20)17(26)22-8-4-6-12(22)15(24)21-3/h10-14H,4-9,19-20H2,1-3H3,(H,21,24)/t10-,11-,12-,13?,14-/m0/s1. The number of rotatable bonds is 6. The number of amides is 3. The lowest BCUT2D eigenvalue weighted by molar-refractivity contribution is -0.160. The van der Waals surface area contributed by atoms with Gasteiger partial charge in [0.2, 0.25) is 17.7 Å². The molecule has 0 bridgehead atoms. The summed E-state index contributed by atoms with van der Waals surface area (Å²) in [7, 11) is 1.52. The first-order valence-electron chi connectivity index (χ1n) is 9.73. The van der Waals surface area contributed by atoms with Crippen molar-refractivity contribution < 1.29 is 23.9 Å². The second-order valence-corrected chi connectivity index (χ2v) is 7.45. The summed E-state index contributed by atoms with van der Waals surface area (Å²) >= 11 is 0. The second kappa shape index (κ2) is 9.33. The van der Waals surface area contributed by atoms with Gasteiger partial charge in [-0.25, -0.2) is 4.79 Å². The van der Waals surface area contributed by atoms with E-state index in [0.29, 0.717) is 38.8 Å². The Hall–Kier alpha value is -2.20. The number of hydrogen-bond acceptors (Lipinski definition) is 7. The average molecular weight is 397 g/mol. The summed E-state index contributed by atoms with van der Waals surface area (Å²) in [6, 6.07) is -3.06. The van der Waals surface area contributed by atoms with Gasteiger partial charge in [-0.1, -0.05) is 0 Å². The quantitative estimate of drug-likeness (QED) is 0.453. The van der Waals surface area contributed by atoms with Gasteiger partial charge in [0.1, 0.15) is 24.2 Å². The highest BCUT2D eigenvalue weighted by Crippen LogP contribution is 2.22. The van der Waals surface area contributed by atoms with E-state index in [-0.39, 0.29) is 11.8 Å². The Kier molecular flexibility index (Phi) is 7.36. The number of likely N-dealkylation sites (tertiary alicyclic amines) is 2. The fraction of sp³-hybridized carbons (Fsp3) is 0.778. The van der Waals surface area contributed by atoms with Gasteiger partial charge in [-0.2, -0.15) is 0 Å². The van der Waals surface area contributed by atoms with Gasteiger partial charge in [0.05, 0.1) is 6.04 Å². The van der Waals surface area contributed by atoms with Crippen molar-refractivity contribution in [3.8, 4) is 0 Å². The Bertz CT molecular complexity index is 625. The third-order valence-corrected chi connectivity index (χ3v) is 5.38. The monoisotopic (exact) mass is 397 g/mol. The number of nitrogens with one attached hydrogen (secondary N) is 1. The lowest BCUT2D eigenvalue weighted by atomic mass is 10.1. The molecule has 1 unspecified atom stereocenters. The van der Waals surface area contributed by atoms with Gasteiger partial charge < -0.3 is 31.3 Å². The molecule has 2 aliphatic heterocycles. The van der Waals surface area contributed by atoms with E-state index in [9.17, 15) is 19.2 Å². The summed E-state index contributed by atoms with van der Waals surface area (Å²) in [5.74, 6) is -1.57. The first kappa shape index (κ1) is 22.1. The molecule has 0 aromatic rings. The summed E-state index contributed by atoms with van der Waals surface area (Å²) in [5, 5.41) is 2.55.